The molecule has 2 aliphatic heterocycles. The highest BCUT2D eigenvalue weighted by atomic mass is 16.6. The molecule has 2 bridgehead atoms. The van der Waals surface area contributed by atoms with Crippen molar-refractivity contribution in [2.24, 2.45) is 5.92 Å². The van der Waals surface area contributed by atoms with Crippen LogP contribution < -0.4 is 9.47 Å². The molecule has 2 unspecified atom stereocenters. The van der Waals surface area contributed by atoms with Gasteiger partial charge in [0, 0.05) is 25.3 Å². The summed E-state index contributed by atoms with van der Waals surface area (Å²) in [5.74, 6) is 2.46. The molecule has 7 rings (SSSR count). The Hall–Kier alpha value is -2.08. The van der Waals surface area contributed by atoms with Crippen LogP contribution in [0.1, 0.15) is 48.8 Å². The lowest BCUT2D eigenvalue weighted by Gasteiger charge is -2.64. The topological polar surface area (TPSA) is 51.2 Å². The van der Waals surface area contributed by atoms with Crippen molar-refractivity contribution in [3.63, 3.8) is 0 Å². The second-order valence-electron chi connectivity index (χ2n) is 10.9. The third-order valence-corrected chi connectivity index (χ3v) is 9.23. The lowest BCUT2D eigenvalue weighted by atomic mass is 9.48. The van der Waals surface area contributed by atoms with E-state index in [0.29, 0.717) is 6.61 Å². The van der Waals surface area contributed by atoms with Crippen LogP contribution in [0.5, 0.6) is 11.5 Å². The second-order valence-corrected chi connectivity index (χ2v) is 10.9. The van der Waals surface area contributed by atoms with E-state index < -0.39 is 11.0 Å². The predicted octanol–water partition coefficient (Wildman–Crippen LogP) is 3.84. The van der Waals surface area contributed by atoms with Gasteiger partial charge in [0.15, 0.2) is 11.5 Å². The van der Waals surface area contributed by atoms with Crippen molar-refractivity contribution in [1.29, 1.82) is 0 Å². The largest absolute Gasteiger partial charge is 0.485 e. The number of nitrogens with zero attached hydrogens (tertiary/aromatic N) is 1. The van der Waals surface area contributed by atoms with Gasteiger partial charge in [0.05, 0.1) is 17.1 Å². The molecule has 2 saturated carbocycles. The van der Waals surface area contributed by atoms with Gasteiger partial charge in [0.2, 0.25) is 0 Å². The number of likely N-dealkylation sites (tertiary alicyclic amines) is 1. The molecule has 0 aromatic heterocycles. The van der Waals surface area contributed by atoms with Crippen LogP contribution in [0.3, 0.4) is 0 Å². The lowest BCUT2D eigenvalue weighted by Crippen LogP contribution is -2.77. The predicted molar refractivity (Wildman–Crippen MR) is 125 cm³/mol. The van der Waals surface area contributed by atoms with Gasteiger partial charge in [0.25, 0.3) is 0 Å². The van der Waals surface area contributed by atoms with Gasteiger partial charge < -0.3 is 19.3 Å². The maximum absolute atomic E-state index is 12.5. The molecule has 2 aromatic rings. The molecule has 1 N–H and O–H groups in total. The van der Waals surface area contributed by atoms with Crippen LogP contribution in [0.25, 0.3) is 0 Å². The van der Waals surface area contributed by atoms with Gasteiger partial charge in [-0.1, -0.05) is 36.4 Å². The Labute approximate surface area is 195 Å². The first-order valence-corrected chi connectivity index (χ1v) is 12.6. The second kappa shape index (κ2) is 7.21. The van der Waals surface area contributed by atoms with Gasteiger partial charge >= 0.3 is 0 Å². The van der Waals surface area contributed by atoms with Crippen LogP contribution >= 0.6 is 0 Å². The molecule has 0 amide bonds. The van der Waals surface area contributed by atoms with E-state index in [-0.39, 0.29) is 18.2 Å². The highest BCUT2D eigenvalue weighted by Crippen LogP contribution is 2.66. The van der Waals surface area contributed by atoms with Gasteiger partial charge in [-0.05, 0) is 68.2 Å². The maximum atomic E-state index is 12.5. The molecule has 174 valence electrons. The quantitative estimate of drug-likeness (QED) is 0.729. The third-order valence-electron chi connectivity index (χ3n) is 9.23. The summed E-state index contributed by atoms with van der Waals surface area (Å²) in [5, 5.41) is 12.5. The van der Waals surface area contributed by atoms with Gasteiger partial charge in [-0.25, -0.2) is 0 Å². The first-order chi connectivity index (χ1) is 16.1. The summed E-state index contributed by atoms with van der Waals surface area (Å²) < 4.78 is 19.0. The van der Waals surface area contributed by atoms with Gasteiger partial charge in [0.1, 0.15) is 12.7 Å². The standard InChI is InChI=1S/C28H33NO4/c1-31-22-11-12-28(30)23-15-20-9-10-21(32-17-19-5-3-2-4-6-19)25-24(20)27(28,26(22)33-25)13-14-29(23)16-18-7-8-18/h2-6,9-10,18,22-23,26,30H,7-8,11-17H2,1H3/t22?,23-,26?,27+,28-/m1/s1. The van der Waals surface area contributed by atoms with Crippen LogP contribution in [-0.4, -0.2) is 54.1 Å². The summed E-state index contributed by atoms with van der Waals surface area (Å²) >= 11 is 0. The zero-order valence-electron chi connectivity index (χ0n) is 19.3. The molecule has 2 heterocycles. The number of rotatable bonds is 6. The van der Waals surface area contributed by atoms with Crippen LogP contribution in [0.2, 0.25) is 0 Å². The van der Waals surface area contributed by atoms with Crippen molar-refractivity contribution in [3.05, 3.63) is 59.2 Å². The van der Waals surface area contributed by atoms with Gasteiger partial charge in [-0.15, -0.1) is 0 Å². The maximum Gasteiger partial charge on any atom is 0.166 e. The zero-order chi connectivity index (χ0) is 22.2. The molecule has 3 aliphatic carbocycles. The zero-order valence-corrected chi connectivity index (χ0v) is 19.3. The summed E-state index contributed by atoms with van der Waals surface area (Å²) in [4.78, 5) is 2.61. The Morgan fingerprint density at radius 3 is 2.73 bits per heavy atom. The van der Waals surface area contributed by atoms with Crippen molar-refractivity contribution in [2.45, 2.75) is 74.4 Å². The van der Waals surface area contributed by atoms with E-state index >= 15 is 0 Å². The highest BCUT2D eigenvalue weighted by Gasteiger charge is 2.73. The molecule has 33 heavy (non-hydrogen) atoms. The first kappa shape index (κ1) is 20.3. The molecule has 1 saturated heterocycles. The number of hydrogen-bond donors (Lipinski definition) is 1. The molecule has 5 heteroatoms. The van der Waals surface area contributed by atoms with E-state index in [1.54, 1.807) is 7.11 Å². The number of piperidine rings is 1. The Bertz CT molecular complexity index is 1070. The van der Waals surface area contributed by atoms with Crippen molar-refractivity contribution in [1.82, 2.24) is 4.90 Å². The molecule has 2 aromatic carbocycles. The Morgan fingerprint density at radius 1 is 1.09 bits per heavy atom. The van der Waals surface area contributed by atoms with E-state index in [9.17, 15) is 5.11 Å². The SMILES string of the molecule is COC1CC[C@@]2(O)[C@H]3Cc4ccc(OCc5ccccc5)c5c4[C@@]2(CCN3CC2CC2)C1O5. The minimum absolute atomic E-state index is 0.0127. The third kappa shape index (κ3) is 2.76. The Morgan fingerprint density at radius 2 is 1.94 bits per heavy atom. The van der Waals surface area contributed by atoms with Crippen LogP contribution in [0.4, 0.5) is 0 Å². The summed E-state index contributed by atoms with van der Waals surface area (Å²) in [6.45, 7) is 2.65. The average molecular weight is 448 g/mol. The van der Waals surface area contributed by atoms with Crippen molar-refractivity contribution < 1.29 is 19.3 Å². The number of benzene rings is 2. The molecular weight excluding hydrogens is 414 g/mol. The van der Waals surface area contributed by atoms with Gasteiger partial charge in [-0.2, -0.15) is 0 Å². The molecule has 3 fully saturated rings. The van der Waals surface area contributed by atoms with E-state index in [1.165, 1.54) is 24.0 Å². The lowest BCUT2D eigenvalue weighted by molar-refractivity contribution is -0.211. The summed E-state index contributed by atoms with van der Waals surface area (Å²) in [5.41, 5.74) is 2.48. The first-order valence-electron chi connectivity index (χ1n) is 12.6. The number of aliphatic hydroxyl groups is 1. The molecule has 5 atom stereocenters. The van der Waals surface area contributed by atoms with Crippen LogP contribution in [0, 0.1) is 5.92 Å². The Balaban J connectivity index is 1.32. The number of hydrogen-bond acceptors (Lipinski definition) is 5. The number of ether oxygens (including phenoxy) is 3. The number of methoxy groups -OCH3 is 1. The minimum atomic E-state index is -0.782. The van der Waals surface area contributed by atoms with E-state index in [0.717, 1.165) is 61.8 Å². The van der Waals surface area contributed by atoms with Crippen molar-refractivity contribution >= 4 is 0 Å². The molecular formula is C28H33NO4. The Kier molecular flexibility index (Phi) is 4.44. The fourth-order valence-corrected chi connectivity index (χ4v) is 7.52. The summed E-state index contributed by atoms with van der Waals surface area (Å²) in [6, 6.07) is 14.7. The smallest absolute Gasteiger partial charge is 0.166 e. The summed E-state index contributed by atoms with van der Waals surface area (Å²) in [7, 11) is 1.79. The molecule has 0 radical (unpaired) electrons. The molecule has 1 spiro atoms. The van der Waals surface area contributed by atoms with Crippen molar-refractivity contribution in [3.8, 4) is 11.5 Å². The molecule has 5 aliphatic rings. The minimum Gasteiger partial charge on any atom is -0.485 e. The van der Waals surface area contributed by atoms with Crippen LogP contribution in [0.15, 0.2) is 42.5 Å². The fraction of sp³-hybridized carbons (Fsp3) is 0.571. The summed E-state index contributed by atoms with van der Waals surface area (Å²) in [6.07, 6.45) is 5.91. The van der Waals surface area contributed by atoms with E-state index in [2.05, 4.69) is 29.2 Å². The van der Waals surface area contributed by atoms with Crippen molar-refractivity contribution in [2.75, 3.05) is 20.2 Å². The van der Waals surface area contributed by atoms with E-state index in [4.69, 9.17) is 14.2 Å². The highest BCUT2D eigenvalue weighted by molar-refractivity contribution is 5.63. The monoisotopic (exact) mass is 447 g/mol. The molecule has 5 nitrogen and oxygen atoms in total. The average Bonchev–Trinajstić information content (AvgIpc) is 3.58. The van der Waals surface area contributed by atoms with Gasteiger partial charge in [-0.3, -0.25) is 4.90 Å². The normalized spacial score (nSPS) is 36.2. The van der Waals surface area contributed by atoms with E-state index in [1.807, 2.05) is 18.2 Å². The fourth-order valence-electron chi connectivity index (χ4n) is 7.52. The van der Waals surface area contributed by atoms with Crippen LogP contribution in [-0.2, 0) is 23.2 Å².